The molecule has 3 heteroatoms. The summed E-state index contributed by atoms with van der Waals surface area (Å²) >= 11 is 3.25. The third kappa shape index (κ3) is 3.05. The normalized spacial score (nSPS) is 17.4. The predicted octanol–water partition coefficient (Wildman–Crippen LogP) is 3.68. The summed E-state index contributed by atoms with van der Waals surface area (Å²) in [7, 11) is 0. The maximum absolute atomic E-state index is 13.2. The molecule has 1 atom stereocenters. The molecular formula is C13H16BrFO. The predicted molar refractivity (Wildman–Crippen MR) is 65.8 cm³/mol. The topological polar surface area (TPSA) is 20.2 Å². The molecule has 0 amide bonds. The highest BCUT2D eigenvalue weighted by Gasteiger charge is 2.28. The zero-order chi connectivity index (χ0) is 11.5. The minimum absolute atomic E-state index is 0.146. The molecule has 1 unspecified atom stereocenters. The van der Waals surface area contributed by atoms with Crippen molar-refractivity contribution in [3.63, 3.8) is 0 Å². The van der Waals surface area contributed by atoms with Crippen LogP contribution in [0.5, 0.6) is 0 Å². The van der Waals surface area contributed by atoms with Crippen molar-refractivity contribution in [1.82, 2.24) is 0 Å². The van der Waals surface area contributed by atoms with Crippen molar-refractivity contribution in [2.24, 2.45) is 5.92 Å². The molecule has 0 heterocycles. The molecule has 0 aliphatic heterocycles. The average Bonchev–Trinajstić information content (AvgIpc) is 3.07. The summed E-state index contributed by atoms with van der Waals surface area (Å²) in [6.07, 6.45) is 4.76. The van der Waals surface area contributed by atoms with Crippen LogP contribution in [-0.4, -0.2) is 11.2 Å². The van der Waals surface area contributed by atoms with Gasteiger partial charge in [-0.25, -0.2) is 4.39 Å². The first-order valence-corrected chi connectivity index (χ1v) is 6.58. The molecule has 1 aromatic carbocycles. The van der Waals surface area contributed by atoms with E-state index in [2.05, 4.69) is 15.9 Å². The Balaban J connectivity index is 1.82. The maximum atomic E-state index is 13.2. The van der Waals surface area contributed by atoms with Gasteiger partial charge in [-0.3, -0.25) is 0 Å². The van der Waals surface area contributed by atoms with E-state index >= 15 is 0 Å². The standard InChI is InChI=1S/C13H16BrFO/c14-13-10(3-1-5-11(13)15)4-2-6-12(16)9-7-8-9/h1,3,5,9,12,16H,2,4,6-8H2. The van der Waals surface area contributed by atoms with Gasteiger partial charge in [0, 0.05) is 0 Å². The molecule has 0 aromatic heterocycles. The van der Waals surface area contributed by atoms with E-state index in [1.54, 1.807) is 6.07 Å². The molecule has 0 bridgehead atoms. The Hall–Kier alpha value is -0.410. The SMILES string of the molecule is OC(CCCc1cccc(F)c1Br)C1CC1. The van der Waals surface area contributed by atoms with E-state index in [1.807, 2.05) is 6.07 Å². The number of aryl methyl sites for hydroxylation is 1. The lowest BCUT2D eigenvalue weighted by molar-refractivity contribution is 0.139. The second kappa shape index (κ2) is 5.28. The molecule has 1 aliphatic rings. The van der Waals surface area contributed by atoms with Crippen LogP contribution in [0.1, 0.15) is 31.2 Å². The molecule has 1 aliphatic carbocycles. The van der Waals surface area contributed by atoms with Crippen molar-refractivity contribution >= 4 is 15.9 Å². The highest BCUT2D eigenvalue weighted by atomic mass is 79.9. The van der Waals surface area contributed by atoms with E-state index in [0.717, 1.165) is 24.8 Å². The number of hydrogen-bond donors (Lipinski definition) is 1. The van der Waals surface area contributed by atoms with Crippen molar-refractivity contribution in [2.75, 3.05) is 0 Å². The van der Waals surface area contributed by atoms with E-state index in [0.29, 0.717) is 10.4 Å². The third-order valence-corrected chi connectivity index (χ3v) is 4.03. The fourth-order valence-electron chi connectivity index (χ4n) is 1.96. The second-order valence-electron chi connectivity index (χ2n) is 4.51. The molecule has 0 spiro atoms. The first-order valence-electron chi connectivity index (χ1n) is 5.79. The van der Waals surface area contributed by atoms with Gasteiger partial charge < -0.3 is 5.11 Å². The van der Waals surface area contributed by atoms with Gasteiger partial charge in [-0.15, -0.1) is 0 Å². The summed E-state index contributed by atoms with van der Waals surface area (Å²) in [5, 5.41) is 9.71. The Labute approximate surface area is 104 Å². The average molecular weight is 287 g/mol. The van der Waals surface area contributed by atoms with Crippen LogP contribution in [0.25, 0.3) is 0 Å². The molecule has 1 nitrogen and oxygen atoms in total. The number of rotatable bonds is 5. The Morgan fingerprint density at radius 2 is 2.19 bits per heavy atom. The van der Waals surface area contributed by atoms with E-state index in [-0.39, 0.29) is 11.9 Å². The molecule has 2 rings (SSSR count). The van der Waals surface area contributed by atoms with E-state index in [1.165, 1.54) is 18.9 Å². The van der Waals surface area contributed by atoms with Gasteiger partial charge >= 0.3 is 0 Å². The van der Waals surface area contributed by atoms with Gasteiger partial charge in [-0.2, -0.15) is 0 Å². The first kappa shape index (κ1) is 12.1. The first-order chi connectivity index (χ1) is 7.68. The van der Waals surface area contributed by atoms with Gasteiger partial charge in [-0.1, -0.05) is 12.1 Å². The Bertz CT molecular complexity index is 363. The summed E-state index contributed by atoms with van der Waals surface area (Å²) < 4.78 is 13.8. The van der Waals surface area contributed by atoms with Gasteiger partial charge in [0.1, 0.15) is 5.82 Å². The van der Waals surface area contributed by atoms with Crippen LogP contribution in [0.3, 0.4) is 0 Å². The van der Waals surface area contributed by atoms with E-state index in [9.17, 15) is 9.50 Å². The van der Waals surface area contributed by atoms with Crippen LogP contribution >= 0.6 is 15.9 Å². The molecular weight excluding hydrogens is 271 g/mol. The van der Waals surface area contributed by atoms with Crippen LogP contribution in [0.2, 0.25) is 0 Å². The molecule has 0 saturated heterocycles. The number of halogens is 2. The summed E-state index contributed by atoms with van der Waals surface area (Å²) in [6, 6.07) is 5.11. The van der Waals surface area contributed by atoms with E-state index < -0.39 is 0 Å². The van der Waals surface area contributed by atoms with Gasteiger partial charge in [-0.05, 0) is 65.6 Å². The van der Waals surface area contributed by atoms with Crippen LogP contribution in [0.15, 0.2) is 22.7 Å². The van der Waals surface area contributed by atoms with Crippen LogP contribution in [-0.2, 0) is 6.42 Å². The zero-order valence-electron chi connectivity index (χ0n) is 9.13. The highest BCUT2D eigenvalue weighted by Crippen LogP contribution is 2.34. The van der Waals surface area contributed by atoms with Crippen molar-refractivity contribution in [3.8, 4) is 0 Å². The van der Waals surface area contributed by atoms with Crippen molar-refractivity contribution in [2.45, 2.75) is 38.2 Å². The van der Waals surface area contributed by atoms with Gasteiger partial charge in [0.2, 0.25) is 0 Å². The molecule has 1 aromatic rings. The van der Waals surface area contributed by atoms with Gasteiger partial charge in [0.05, 0.1) is 10.6 Å². The smallest absolute Gasteiger partial charge is 0.137 e. The lowest BCUT2D eigenvalue weighted by Gasteiger charge is -2.09. The fourth-order valence-corrected chi connectivity index (χ4v) is 2.42. The minimum Gasteiger partial charge on any atom is -0.393 e. The second-order valence-corrected chi connectivity index (χ2v) is 5.30. The van der Waals surface area contributed by atoms with Crippen LogP contribution in [0.4, 0.5) is 4.39 Å². The molecule has 1 saturated carbocycles. The molecule has 1 N–H and O–H groups in total. The minimum atomic E-state index is -0.208. The van der Waals surface area contributed by atoms with E-state index in [4.69, 9.17) is 0 Å². The van der Waals surface area contributed by atoms with Gasteiger partial charge in [0.25, 0.3) is 0 Å². The van der Waals surface area contributed by atoms with Gasteiger partial charge in [0.15, 0.2) is 0 Å². The Kier molecular flexibility index (Phi) is 3.98. The zero-order valence-corrected chi connectivity index (χ0v) is 10.7. The summed E-state index contributed by atoms with van der Waals surface area (Å²) in [5.41, 5.74) is 0.989. The van der Waals surface area contributed by atoms with Crippen LogP contribution < -0.4 is 0 Å². The number of hydrogen-bond acceptors (Lipinski definition) is 1. The number of benzene rings is 1. The monoisotopic (exact) mass is 286 g/mol. The Morgan fingerprint density at radius 3 is 2.88 bits per heavy atom. The molecule has 88 valence electrons. The number of aliphatic hydroxyl groups excluding tert-OH is 1. The quantitative estimate of drug-likeness (QED) is 0.875. The fraction of sp³-hybridized carbons (Fsp3) is 0.538. The van der Waals surface area contributed by atoms with Crippen molar-refractivity contribution < 1.29 is 9.50 Å². The lowest BCUT2D eigenvalue weighted by atomic mass is 10.0. The Morgan fingerprint density at radius 1 is 1.44 bits per heavy atom. The molecule has 16 heavy (non-hydrogen) atoms. The third-order valence-electron chi connectivity index (χ3n) is 3.14. The molecule has 0 radical (unpaired) electrons. The van der Waals surface area contributed by atoms with Crippen LogP contribution in [0, 0.1) is 11.7 Å². The summed E-state index contributed by atoms with van der Waals surface area (Å²) in [5.74, 6) is 0.330. The summed E-state index contributed by atoms with van der Waals surface area (Å²) in [4.78, 5) is 0. The van der Waals surface area contributed by atoms with Crippen molar-refractivity contribution in [3.05, 3.63) is 34.1 Å². The largest absolute Gasteiger partial charge is 0.393 e. The summed E-state index contributed by atoms with van der Waals surface area (Å²) in [6.45, 7) is 0. The number of aliphatic hydroxyl groups is 1. The van der Waals surface area contributed by atoms with Crippen molar-refractivity contribution in [1.29, 1.82) is 0 Å². The lowest BCUT2D eigenvalue weighted by Crippen LogP contribution is -2.09. The maximum Gasteiger partial charge on any atom is 0.137 e. The highest BCUT2D eigenvalue weighted by molar-refractivity contribution is 9.10. The molecule has 1 fully saturated rings.